The molecule has 6 heteroatoms. The number of rotatable bonds is 3. The monoisotopic (exact) mass is 273 g/mol. The minimum absolute atomic E-state index is 0.317. The molecule has 2 N–H and O–H groups in total. The lowest BCUT2D eigenvalue weighted by molar-refractivity contribution is 0.395. The molecule has 20 heavy (non-hydrogen) atoms. The van der Waals surface area contributed by atoms with Crippen LogP contribution in [0.25, 0.3) is 11.0 Å². The van der Waals surface area contributed by atoms with E-state index >= 15 is 0 Å². The van der Waals surface area contributed by atoms with Crippen LogP contribution in [-0.2, 0) is 0 Å². The van der Waals surface area contributed by atoms with Crippen LogP contribution in [0.5, 0.6) is 5.88 Å². The van der Waals surface area contributed by atoms with E-state index in [1.807, 2.05) is 0 Å². The van der Waals surface area contributed by atoms with Gasteiger partial charge in [-0.15, -0.1) is 0 Å². The molecule has 0 spiro atoms. The Morgan fingerprint density at radius 2 is 2.10 bits per heavy atom. The average Bonchev–Trinajstić information content (AvgIpc) is 2.89. The number of aromatic nitrogens is 2. The summed E-state index contributed by atoms with van der Waals surface area (Å²) in [5.74, 6) is 0.612. The second-order valence-electron chi connectivity index (χ2n) is 4.29. The number of halogens is 1. The van der Waals surface area contributed by atoms with Crippen LogP contribution in [0.2, 0.25) is 0 Å². The molecule has 3 rings (SSSR count). The van der Waals surface area contributed by atoms with Crippen LogP contribution in [0.3, 0.4) is 0 Å². The zero-order valence-electron chi connectivity index (χ0n) is 10.7. The minimum Gasteiger partial charge on any atom is -0.481 e. The second-order valence-corrected chi connectivity index (χ2v) is 4.29. The largest absolute Gasteiger partial charge is 0.481 e. The maximum atomic E-state index is 13.2. The van der Waals surface area contributed by atoms with E-state index in [-0.39, 0.29) is 5.82 Å². The maximum absolute atomic E-state index is 13.2. The molecule has 102 valence electrons. The molecule has 0 amide bonds. The third kappa shape index (κ3) is 2.21. The Morgan fingerprint density at radius 1 is 1.25 bits per heavy atom. The van der Waals surface area contributed by atoms with Gasteiger partial charge < -0.3 is 14.9 Å². The number of hydrogen-bond acceptors (Lipinski definition) is 5. The number of furan rings is 1. The summed E-state index contributed by atoms with van der Waals surface area (Å²) in [6.07, 6.45) is 1.37. The van der Waals surface area contributed by atoms with Crippen molar-refractivity contribution in [3.63, 3.8) is 0 Å². The molecule has 2 heterocycles. The lowest BCUT2D eigenvalue weighted by Crippen LogP contribution is -2.13. The molecule has 2 aromatic heterocycles. The third-order valence-corrected chi connectivity index (χ3v) is 2.99. The van der Waals surface area contributed by atoms with Crippen LogP contribution in [0, 0.1) is 5.82 Å². The number of methoxy groups -OCH3 is 1. The molecule has 0 saturated heterocycles. The van der Waals surface area contributed by atoms with Gasteiger partial charge >= 0.3 is 0 Å². The van der Waals surface area contributed by atoms with Crippen molar-refractivity contribution < 1.29 is 13.5 Å². The molecule has 0 saturated carbocycles. The van der Waals surface area contributed by atoms with Crippen molar-refractivity contribution in [1.29, 1.82) is 0 Å². The normalized spacial score (nSPS) is 12.6. The lowest BCUT2D eigenvalue weighted by Gasteiger charge is -2.08. The second kappa shape index (κ2) is 4.90. The minimum atomic E-state index is -0.567. The highest BCUT2D eigenvalue weighted by atomic mass is 19.1. The Balaban J connectivity index is 2.00. The van der Waals surface area contributed by atoms with Gasteiger partial charge in [-0.3, -0.25) is 0 Å². The van der Waals surface area contributed by atoms with Crippen molar-refractivity contribution in [2.45, 2.75) is 6.04 Å². The van der Waals surface area contributed by atoms with Crippen LogP contribution < -0.4 is 10.5 Å². The Hall–Kier alpha value is -2.47. The van der Waals surface area contributed by atoms with Gasteiger partial charge in [-0.2, -0.15) is 0 Å². The number of ether oxygens (including phenoxy) is 1. The molecule has 0 aliphatic carbocycles. The molecule has 1 atom stereocenters. The van der Waals surface area contributed by atoms with Crippen molar-refractivity contribution in [3.8, 4) is 5.88 Å². The van der Waals surface area contributed by atoms with Gasteiger partial charge in [-0.25, -0.2) is 14.4 Å². The summed E-state index contributed by atoms with van der Waals surface area (Å²) in [7, 11) is 1.52. The maximum Gasteiger partial charge on any atom is 0.216 e. The van der Waals surface area contributed by atoms with Gasteiger partial charge in [0.25, 0.3) is 0 Å². The standard InChI is InChI=1S/C14H12FN3O2/c1-19-13-6-10(17-7-18-13)14(16)12-5-8-4-9(15)2-3-11(8)20-12/h2-7,14H,16H2,1H3. The fourth-order valence-electron chi connectivity index (χ4n) is 1.97. The lowest BCUT2D eigenvalue weighted by atomic mass is 10.1. The van der Waals surface area contributed by atoms with Gasteiger partial charge in [0, 0.05) is 11.5 Å². The quantitative estimate of drug-likeness (QED) is 0.793. The Morgan fingerprint density at radius 3 is 2.90 bits per heavy atom. The first kappa shape index (κ1) is 12.6. The van der Waals surface area contributed by atoms with E-state index in [1.54, 1.807) is 18.2 Å². The van der Waals surface area contributed by atoms with E-state index in [9.17, 15) is 4.39 Å². The summed E-state index contributed by atoms with van der Waals surface area (Å²) < 4.78 is 23.8. The summed E-state index contributed by atoms with van der Waals surface area (Å²) >= 11 is 0. The zero-order chi connectivity index (χ0) is 14.1. The van der Waals surface area contributed by atoms with Crippen molar-refractivity contribution in [2.24, 2.45) is 5.73 Å². The molecule has 0 bridgehead atoms. The van der Waals surface area contributed by atoms with E-state index in [1.165, 1.54) is 25.6 Å². The highest BCUT2D eigenvalue weighted by Crippen LogP contribution is 2.27. The van der Waals surface area contributed by atoms with Gasteiger partial charge in [0.05, 0.1) is 12.8 Å². The third-order valence-electron chi connectivity index (χ3n) is 2.99. The Kier molecular flexibility index (Phi) is 3.08. The molecule has 5 nitrogen and oxygen atoms in total. The van der Waals surface area contributed by atoms with E-state index < -0.39 is 6.04 Å². The zero-order valence-corrected chi connectivity index (χ0v) is 10.7. The van der Waals surface area contributed by atoms with Crippen molar-refractivity contribution in [1.82, 2.24) is 9.97 Å². The summed E-state index contributed by atoms with van der Waals surface area (Å²) in [5.41, 5.74) is 7.26. The van der Waals surface area contributed by atoms with Gasteiger partial charge in [-0.1, -0.05) is 0 Å². The van der Waals surface area contributed by atoms with E-state index in [2.05, 4.69) is 9.97 Å². The average molecular weight is 273 g/mol. The fourth-order valence-corrected chi connectivity index (χ4v) is 1.97. The van der Waals surface area contributed by atoms with Crippen molar-refractivity contribution in [2.75, 3.05) is 7.11 Å². The smallest absolute Gasteiger partial charge is 0.216 e. The summed E-state index contributed by atoms with van der Waals surface area (Å²) in [6.45, 7) is 0. The van der Waals surface area contributed by atoms with E-state index in [0.717, 1.165) is 0 Å². The topological polar surface area (TPSA) is 74.2 Å². The number of hydrogen-bond donors (Lipinski definition) is 1. The molecule has 1 aromatic carbocycles. The number of benzene rings is 1. The Bertz CT molecular complexity index is 757. The van der Waals surface area contributed by atoms with Gasteiger partial charge in [0.15, 0.2) is 0 Å². The predicted molar refractivity (Wildman–Crippen MR) is 70.8 cm³/mol. The van der Waals surface area contributed by atoms with Gasteiger partial charge in [-0.05, 0) is 24.3 Å². The molecule has 0 aliphatic rings. The van der Waals surface area contributed by atoms with Gasteiger partial charge in [0.1, 0.15) is 29.5 Å². The molecular formula is C14H12FN3O2. The van der Waals surface area contributed by atoms with E-state index in [0.29, 0.717) is 28.3 Å². The van der Waals surface area contributed by atoms with Crippen LogP contribution in [0.1, 0.15) is 17.5 Å². The highest BCUT2D eigenvalue weighted by molar-refractivity contribution is 5.78. The SMILES string of the molecule is COc1cc(C(N)c2cc3cc(F)ccc3o2)ncn1. The molecule has 0 aliphatic heterocycles. The Labute approximate surface area is 114 Å². The first-order valence-corrected chi connectivity index (χ1v) is 5.98. The van der Waals surface area contributed by atoms with Crippen LogP contribution in [0.15, 0.2) is 41.1 Å². The summed E-state index contributed by atoms with van der Waals surface area (Å²) in [6, 6.07) is 7.09. The predicted octanol–water partition coefficient (Wildman–Crippen LogP) is 2.42. The number of nitrogens with two attached hydrogens (primary N) is 1. The number of fused-ring (bicyclic) bond motifs is 1. The first-order chi connectivity index (χ1) is 9.67. The van der Waals surface area contributed by atoms with Crippen LogP contribution in [0.4, 0.5) is 4.39 Å². The molecule has 0 fully saturated rings. The highest BCUT2D eigenvalue weighted by Gasteiger charge is 2.16. The van der Waals surface area contributed by atoms with Crippen LogP contribution in [-0.4, -0.2) is 17.1 Å². The molecule has 3 aromatic rings. The van der Waals surface area contributed by atoms with Crippen LogP contribution >= 0.6 is 0 Å². The summed E-state index contributed by atoms with van der Waals surface area (Å²) in [4.78, 5) is 8.02. The fraction of sp³-hybridized carbons (Fsp3) is 0.143. The molecule has 1 unspecified atom stereocenters. The molecule has 0 radical (unpaired) electrons. The molecular weight excluding hydrogens is 261 g/mol. The van der Waals surface area contributed by atoms with Gasteiger partial charge in [0.2, 0.25) is 5.88 Å². The van der Waals surface area contributed by atoms with Crippen molar-refractivity contribution in [3.05, 3.63) is 53.9 Å². The van der Waals surface area contributed by atoms with E-state index in [4.69, 9.17) is 14.9 Å². The number of nitrogens with zero attached hydrogens (tertiary/aromatic N) is 2. The summed E-state index contributed by atoms with van der Waals surface area (Å²) in [5, 5.41) is 0.663. The van der Waals surface area contributed by atoms with Crippen molar-refractivity contribution >= 4 is 11.0 Å². The first-order valence-electron chi connectivity index (χ1n) is 5.98.